The number of Topliss-reactive ketones (excluding diaryl/α,β-unsaturated/α-hetero) is 1. The Hall–Kier alpha value is -1.68. The maximum atomic E-state index is 11.9. The summed E-state index contributed by atoms with van der Waals surface area (Å²) in [5.74, 6) is 0.243. The van der Waals surface area contributed by atoms with Gasteiger partial charge in [0.05, 0.1) is 17.6 Å². The lowest BCUT2D eigenvalue weighted by Gasteiger charge is -2.00. The molecule has 0 aliphatic rings. The van der Waals surface area contributed by atoms with E-state index in [1.807, 2.05) is 29.8 Å². The summed E-state index contributed by atoms with van der Waals surface area (Å²) in [6.07, 6.45) is 1.00. The quantitative estimate of drug-likeness (QED) is 0.775. The summed E-state index contributed by atoms with van der Waals surface area (Å²) in [6, 6.07) is 8.10. The number of aryl methyl sites for hydroxylation is 1. The van der Waals surface area contributed by atoms with Crippen LogP contribution in [0.2, 0.25) is 0 Å². The van der Waals surface area contributed by atoms with Crippen molar-refractivity contribution in [1.82, 2.24) is 15.1 Å². The highest BCUT2D eigenvalue weighted by atomic mass is 16.1. The monoisotopic (exact) mass is 259 g/mol. The maximum Gasteiger partial charge on any atom is 0.140 e. The average Bonchev–Trinajstić information content (AvgIpc) is 2.77. The van der Waals surface area contributed by atoms with Gasteiger partial charge in [0.15, 0.2) is 0 Å². The van der Waals surface area contributed by atoms with Crippen LogP contribution in [0, 0.1) is 0 Å². The normalized spacial score (nSPS) is 11.1. The van der Waals surface area contributed by atoms with Crippen LogP contribution in [-0.4, -0.2) is 28.7 Å². The molecule has 0 bridgehead atoms. The Morgan fingerprint density at radius 3 is 2.84 bits per heavy atom. The Balaban J connectivity index is 2.14. The van der Waals surface area contributed by atoms with E-state index < -0.39 is 0 Å². The van der Waals surface area contributed by atoms with Gasteiger partial charge < -0.3 is 5.32 Å². The van der Waals surface area contributed by atoms with E-state index in [-0.39, 0.29) is 5.78 Å². The van der Waals surface area contributed by atoms with Crippen LogP contribution in [0.25, 0.3) is 10.9 Å². The minimum absolute atomic E-state index is 0.243. The van der Waals surface area contributed by atoms with Crippen molar-refractivity contribution in [2.24, 2.45) is 0 Å². The minimum Gasteiger partial charge on any atom is -0.317 e. The number of hydrogen-bond donors (Lipinski definition) is 1. The molecule has 4 heteroatoms. The Morgan fingerprint density at radius 2 is 2.11 bits per heavy atom. The van der Waals surface area contributed by atoms with E-state index in [0.29, 0.717) is 12.8 Å². The Labute approximate surface area is 113 Å². The van der Waals surface area contributed by atoms with Crippen molar-refractivity contribution in [1.29, 1.82) is 0 Å². The smallest absolute Gasteiger partial charge is 0.140 e. The van der Waals surface area contributed by atoms with Crippen molar-refractivity contribution >= 4 is 16.7 Å². The Kier molecular flexibility index (Phi) is 4.68. The number of nitrogens with one attached hydrogen (secondary N) is 1. The zero-order valence-corrected chi connectivity index (χ0v) is 11.6. The molecule has 0 aliphatic carbocycles. The number of ketones is 1. The van der Waals surface area contributed by atoms with Crippen molar-refractivity contribution in [3.63, 3.8) is 0 Å². The van der Waals surface area contributed by atoms with E-state index >= 15 is 0 Å². The Morgan fingerprint density at radius 1 is 1.32 bits per heavy atom. The van der Waals surface area contributed by atoms with Gasteiger partial charge in [0.25, 0.3) is 0 Å². The molecule has 0 amide bonds. The number of carbonyl (C=O) groups excluding carboxylic acids is 1. The van der Waals surface area contributed by atoms with Gasteiger partial charge in [-0.05, 0) is 19.5 Å². The number of fused-ring (bicyclic) bond motifs is 1. The first-order valence-corrected chi connectivity index (χ1v) is 6.93. The van der Waals surface area contributed by atoms with Crippen molar-refractivity contribution in [3.8, 4) is 0 Å². The third-order valence-electron chi connectivity index (χ3n) is 3.23. The zero-order chi connectivity index (χ0) is 13.7. The molecule has 2 aromatic rings. The highest BCUT2D eigenvalue weighted by molar-refractivity contribution is 5.88. The van der Waals surface area contributed by atoms with E-state index in [9.17, 15) is 4.79 Å². The lowest BCUT2D eigenvalue weighted by Crippen LogP contribution is -2.18. The van der Waals surface area contributed by atoms with Crippen molar-refractivity contribution in [2.45, 2.75) is 33.2 Å². The molecular formula is C15H21N3O. The molecule has 102 valence electrons. The predicted molar refractivity (Wildman–Crippen MR) is 77.3 cm³/mol. The molecule has 1 N–H and O–H groups in total. The summed E-state index contributed by atoms with van der Waals surface area (Å²) in [7, 11) is 0. The third-order valence-corrected chi connectivity index (χ3v) is 3.23. The van der Waals surface area contributed by atoms with Gasteiger partial charge in [0.1, 0.15) is 5.78 Å². The molecule has 0 unspecified atom stereocenters. The van der Waals surface area contributed by atoms with Gasteiger partial charge >= 0.3 is 0 Å². The number of hydrogen-bond acceptors (Lipinski definition) is 3. The van der Waals surface area contributed by atoms with Gasteiger partial charge in [0, 0.05) is 24.9 Å². The molecule has 1 aromatic carbocycles. The van der Waals surface area contributed by atoms with Crippen LogP contribution < -0.4 is 5.32 Å². The summed E-state index contributed by atoms with van der Waals surface area (Å²) < 4.78 is 1.96. The van der Waals surface area contributed by atoms with E-state index in [1.165, 1.54) is 0 Å². The second kappa shape index (κ2) is 6.48. The van der Waals surface area contributed by atoms with Gasteiger partial charge in [0.2, 0.25) is 0 Å². The molecule has 2 rings (SSSR count). The number of para-hydroxylation sites is 1. The van der Waals surface area contributed by atoms with Gasteiger partial charge in [-0.25, -0.2) is 0 Å². The first-order valence-electron chi connectivity index (χ1n) is 6.93. The zero-order valence-electron chi connectivity index (χ0n) is 11.6. The molecule has 0 saturated heterocycles. The molecule has 0 aliphatic heterocycles. The summed E-state index contributed by atoms with van der Waals surface area (Å²) in [5.41, 5.74) is 2.01. The topological polar surface area (TPSA) is 46.9 Å². The second-order valence-corrected chi connectivity index (χ2v) is 4.60. The summed E-state index contributed by atoms with van der Waals surface area (Å²) in [6.45, 7) is 6.59. The number of rotatable bonds is 7. The second-order valence-electron chi connectivity index (χ2n) is 4.60. The van der Waals surface area contributed by atoms with Gasteiger partial charge in [-0.2, -0.15) is 5.10 Å². The fourth-order valence-corrected chi connectivity index (χ4v) is 2.25. The summed E-state index contributed by atoms with van der Waals surface area (Å²) >= 11 is 0. The summed E-state index contributed by atoms with van der Waals surface area (Å²) in [4.78, 5) is 11.9. The van der Waals surface area contributed by atoms with Crippen LogP contribution in [0.3, 0.4) is 0 Å². The van der Waals surface area contributed by atoms with E-state index in [2.05, 4.69) is 23.4 Å². The molecule has 19 heavy (non-hydrogen) atoms. The van der Waals surface area contributed by atoms with E-state index in [1.54, 1.807) is 0 Å². The van der Waals surface area contributed by atoms with Gasteiger partial charge in [-0.1, -0.05) is 25.1 Å². The predicted octanol–water partition coefficient (Wildman–Crippen LogP) is 2.17. The number of carbonyl (C=O) groups is 1. The molecule has 0 saturated carbocycles. The first kappa shape index (κ1) is 13.7. The van der Waals surface area contributed by atoms with Crippen LogP contribution in [0.15, 0.2) is 24.3 Å². The standard InChI is InChI=1S/C15H21N3O/c1-3-16-10-9-12(19)11-14-13-7-5-6-8-15(13)18(4-2)17-14/h5-8,16H,3-4,9-11H2,1-2H3. The molecule has 1 heterocycles. The van der Waals surface area contributed by atoms with Crippen LogP contribution in [0.4, 0.5) is 0 Å². The molecule has 4 nitrogen and oxygen atoms in total. The number of benzene rings is 1. The van der Waals surface area contributed by atoms with Crippen LogP contribution in [0.5, 0.6) is 0 Å². The summed E-state index contributed by atoms with van der Waals surface area (Å²) in [5, 5.41) is 8.82. The average molecular weight is 259 g/mol. The SMILES string of the molecule is CCNCCC(=O)Cc1nn(CC)c2ccccc12. The molecule has 0 fully saturated rings. The highest BCUT2D eigenvalue weighted by Gasteiger charge is 2.12. The van der Waals surface area contributed by atoms with E-state index in [4.69, 9.17) is 0 Å². The number of nitrogens with zero attached hydrogens (tertiary/aromatic N) is 2. The van der Waals surface area contributed by atoms with E-state index in [0.717, 1.165) is 36.2 Å². The van der Waals surface area contributed by atoms with Gasteiger partial charge in [-0.15, -0.1) is 0 Å². The Bertz CT molecular complexity index is 560. The van der Waals surface area contributed by atoms with Crippen molar-refractivity contribution in [3.05, 3.63) is 30.0 Å². The minimum atomic E-state index is 0.243. The molecule has 0 atom stereocenters. The fraction of sp³-hybridized carbons (Fsp3) is 0.467. The first-order chi connectivity index (χ1) is 9.26. The van der Waals surface area contributed by atoms with Crippen LogP contribution in [-0.2, 0) is 17.8 Å². The molecule has 1 aromatic heterocycles. The maximum absolute atomic E-state index is 11.9. The van der Waals surface area contributed by atoms with Gasteiger partial charge in [-0.3, -0.25) is 9.48 Å². The molecular weight excluding hydrogens is 238 g/mol. The lowest BCUT2D eigenvalue weighted by atomic mass is 10.1. The highest BCUT2D eigenvalue weighted by Crippen LogP contribution is 2.19. The largest absolute Gasteiger partial charge is 0.317 e. The third kappa shape index (κ3) is 3.20. The van der Waals surface area contributed by atoms with Crippen molar-refractivity contribution < 1.29 is 4.79 Å². The van der Waals surface area contributed by atoms with Crippen LogP contribution >= 0.6 is 0 Å². The fourth-order valence-electron chi connectivity index (χ4n) is 2.25. The molecule has 0 spiro atoms. The number of aromatic nitrogens is 2. The van der Waals surface area contributed by atoms with Crippen LogP contribution in [0.1, 0.15) is 26.0 Å². The van der Waals surface area contributed by atoms with Crippen molar-refractivity contribution in [2.75, 3.05) is 13.1 Å². The molecule has 0 radical (unpaired) electrons. The lowest BCUT2D eigenvalue weighted by molar-refractivity contribution is -0.118.